The maximum atomic E-state index is 6.20. The largest absolute Gasteiger partial charge is 0.320 e. The molecule has 2 rings (SSSR count). The molecule has 0 bridgehead atoms. The van der Waals surface area contributed by atoms with E-state index in [1.54, 1.807) is 22.7 Å². The lowest BCUT2D eigenvalue weighted by Gasteiger charge is -2.07. The number of hydrogen-bond donors (Lipinski definition) is 1. The van der Waals surface area contributed by atoms with Crippen molar-refractivity contribution in [1.29, 1.82) is 0 Å². The van der Waals surface area contributed by atoms with Gasteiger partial charge in [0.15, 0.2) is 0 Å². The van der Waals surface area contributed by atoms with Crippen LogP contribution in [0.25, 0.3) is 0 Å². The van der Waals surface area contributed by atoms with Crippen molar-refractivity contribution in [1.82, 2.24) is 0 Å². The molecule has 0 aliphatic carbocycles. The monoisotopic (exact) mass is 463 g/mol. The quantitative estimate of drug-likeness (QED) is 0.595. The third-order valence-corrected chi connectivity index (χ3v) is 6.93. The van der Waals surface area contributed by atoms with Crippen LogP contribution in [0.3, 0.4) is 0 Å². The first-order valence-corrected chi connectivity index (χ1v) is 8.53. The van der Waals surface area contributed by atoms with Crippen molar-refractivity contribution in [3.05, 3.63) is 39.0 Å². The van der Waals surface area contributed by atoms with E-state index < -0.39 is 0 Å². The van der Waals surface area contributed by atoms with E-state index in [0.29, 0.717) is 5.02 Å². The average Bonchev–Trinajstić information content (AvgIpc) is 2.70. The van der Waals surface area contributed by atoms with Crippen molar-refractivity contribution < 1.29 is 0 Å². The van der Waals surface area contributed by atoms with Crippen LogP contribution in [0.2, 0.25) is 5.02 Å². The zero-order valence-corrected chi connectivity index (χ0v) is 14.8. The molecule has 0 aliphatic rings. The van der Waals surface area contributed by atoms with E-state index in [1.807, 2.05) is 12.1 Å². The summed E-state index contributed by atoms with van der Waals surface area (Å²) in [6.45, 7) is 0. The Kier molecular flexibility index (Phi) is 4.55. The molecule has 16 heavy (non-hydrogen) atoms. The van der Waals surface area contributed by atoms with E-state index in [2.05, 4.69) is 47.8 Å². The molecule has 1 unspecified atom stereocenters. The molecule has 0 saturated heterocycles. The van der Waals surface area contributed by atoms with Gasteiger partial charge in [0.25, 0.3) is 0 Å². The lowest BCUT2D eigenvalue weighted by atomic mass is 10.1. The van der Waals surface area contributed by atoms with Gasteiger partial charge in [0, 0.05) is 10.4 Å². The van der Waals surface area contributed by atoms with E-state index in [0.717, 1.165) is 21.8 Å². The Hall–Kier alpha value is 1.09. The molecular formula is C9H5Br3ClNS2. The third-order valence-electron chi connectivity index (χ3n) is 1.99. The Morgan fingerprint density at radius 2 is 1.81 bits per heavy atom. The van der Waals surface area contributed by atoms with Gasteiger partial charge in [-0.3, -0.25) is 0 Å². The Morgan fingerprint density at radius 1 is 1.12 bits per heavy atom. The van der Waals surface area contributed by atoms with Crippen LogP contribution in [0.5, 0.6) is 0 Å². The molecule has 1 atom stereocenters. The third kappa shape index (κ3) is 2.74. The molecule has 2 aromatic heterocycles. The molecule has 0 spiro atoms. The zero-order valence-electron chi connectivity index (χ0n) is 7.64. The summed E-state index contributed by atoms with van der Waals surface area (Å²) in [5.41, 5.74) is 7.27. The molecule has 86 valence electrons. The van der Waals surface area contributed by atoms with Crippen molar-refractivity contribution in [2.24, 2.45) is 5.73 Å². The minimum atomic E-state index is -0.147. The van der Waals surface area contributed by atoms with Crippen LogP contribution in [0, 0.1) is 0 Å². The minimum absolute atomic E-state index is 0.147. The summed E-state index contributed by atoms with van der Waals surface area (Å²) in [6.07, 6.45) is 0. The summed E-state index contributed by atoms with van der Waals surface area (Å²) < 4.78 is 3.03. The average molecular weight is 466 g/mol. The van der Waals surface area contributed by atoms with Crippen LogP contribution in [0.4, 0.5) is 0 Å². The maximum absolute atomic E-state index is 6.20. The molecule has 0 amide bonds. The smallest absolute Gasteiger partial charge is 0.0888 e. The predicted octanol–water partition coefficient (Wildman–Crippen LogP) is 5.80. The molecule has 0 fully saturated rings. The fraction of sp³-hybridized carbons (Fsp3) is 0.111. The Bertz CT molecular complexity index is 503. The highest BCUT2D eigenvalue weighted by atomic mass is 79.9. The first-order chi connectivity index (χ1) is 7.49. The summed E-state index contributed by atoms with van der Waals surface area (Å²) in [5, 5.41) is 0.709. The second-order valence-corrected chi connectivity index (χ2v) is 9.59. The van der Waals surface area contributed by atoms with Crippen LogP contribution < -0.4 is 5.73 Å². The summed E-state index contributed by atoms with van der Waals surface area (Å²) in [4.78, 5) is 1.04. The summed E-state index contributed by atoms with van der Waals surface area (Å²) in [5.74, 6) is 0. The lowest BCUT2D eigenvalue weighted by molar-refractivity contribution is 0.894. The summed E-state index contributed by atoms with van der Waals surface area (Å²) in [6, 6.07) is 3.78. The Labute approximate surface area is 131 Å². The van der Waals surface area contributed by atoms with E-state index in [4.69, 9.17) is 17.3 Å². The van der Waals surface area contributed by atoms with E-state index in [9.17, 15) is 0 Å². The van der Waals surface area contributed by atoms with Gasteiger partial charge in [0.2, 0.25) is 0 Å². The molecule has 2 aromatic rings. The highest BCUT2D eigenvalue weighted by Crippen LogP contribution is 2.41. The number of hydrogen-bond acceptors (Lipinski definition) is 3. The fourth-order valence-corrected chi connectivity index (χ4v) is 5.93. The van der Waals surface area contributed by atoms with Crippen molar-refractivity contribution in [2.45, 2.75) is 6.04 Å². The number of halogens is 4. The van der Waals surface area contributed by atoms with Crippen LogP contribution in [0.1, 0.15) is 16.5 Å². The van der Waals surface area contributed by atoms with Crippen molar-refractivity contribution in [3.63, 3.8) is 0 Å². The van der Waals surface area contributed by atoms with Gasteiger partial charge >= 0.3 is 0 Å². The highest BCUT2D eigenvalue weighted by molar-refractivity contribution is 9.12. The SMILES string of the molecule is NC(c1cc(Cl)c(Br)s1)c1cc(Br)sc1Br. The van der Waals surface area contributed by atoms with Crippen molar-refractivity contribution in [3.8, 4) is 0 Å². The van der Waals surface area contributed by atoms with Gasteiger partial charge in [0.05, 0.1) is 22.4 Å². The molecule has 2 heterocycles. The topological polar surface area (TPSA) is 26.0 Å². The fourth-order valence-electron chi connectivity index (χ4n) is 1.23. The normalized spacial score (nSPS) is 13.1. The predicted molar refractivity (Wildman–Crippen MR) is 82.8 cm³/mol. The molecule has 2 N–H and O–H groups in total. The maximum Gasteiger partial charge on any atom is 0.0888 e. The van der Waals surface area contributed by atoms with Gasteiger partial charge in [-0.1, -0.05) is 11.6 Å². The first kappa shape index (κ1) is 13.5. The van der Waals surface area contributed by atoms with Gasteiger partial charge < -0.3 is 5.73 Å². The van der Waals surface area contributed by atoms with Crippen molar-refractivity contribution in [2.75, 3.05) is 0 Å². The van der Waals surface area contributed by atoms with Crippen LogP contribution in [0.15, 0.2) is 23.5 Å². The van der Waals surface area contributed by atoms with E-state index >= 15 is 0 Å². The molecular weight excluding hydrogens is 461 g/mol. The van der Waals surface area contributed by atoms with Crippen LogP contribution >= 0.6 is 82.1 Å². The second kappa shape index (κ2) is 5.38. The standard InChI is InChI=1S/C9H5Br3ClNS2/c10-6-1-3(8(11)16-6)7(14)5-2-4(13)9(12)15-5/h1-2,7H,14H2. The Morgan fingerprint density at radius 3 is 2.25 bits per heavy atom. The molecule has 0 radical (unpaired) electrons. The summed E-state index contributed by atoms with van der Waals surface area (Å²) in [7, 11) is 0. The Balaban J connectivity index is 2.38. The number of rotatable bonds is 2. The molecule has 0 saturated carbocycles. The highest BCUT2D eigenvalue weighted by Gasteiger charge is 2.18. The molecule has 1 nitrogen and oxygen atoms in total. The molecule has 0 aliphatic heterocycles. The molecule has 7 heteroatoms. The van der Waals surface area contributed by atoms with Gasteiger partial charge in [-0.15, -0.1) is 22.7 Å². The minimum Gasteiger partial charge on any atom is -0.320 e. The van der Waals surface area contributed by atoms with Crippen LogP contribution in [-0.2, 0) is 0 Å². The van der Waals surface area contributed by atoms with Gasteiger partial charge in [0.1, 0.15) is 0 Å². The van der Waals surface area contributed by atoms with Crippen molar-refractivity contribution >= 4 is 82.1 Å². The van der Waals surface area contributed by atoms with Gasteiger partial charge in [-0.25, -0.2) is 0 Å². The number of nitrogens with two attached hydrogens (primary N) is 1. The summed E-state index contributed by atoms with van der Waals surface area (Å²) >= 11 is 19.5. The number of thiophene rings is 2. The lowest BCUT2D eigenvalue weighted by Crippen LogP contribution is -2.09. The zero-order chi connectivity index (χ0) is 11.9. The molecule has 0 aromatic carbocycles. The van der Waals surface area contributed by atoms with Gasteiger partial charge in [-0.2, -0.15) is 0 Å². The first-order valence-electron chi connectivity index (χ1n) is 4.14. The van der Waals surface area contributed by atoms with E-state index in [-0.39, 0.29) is 6.04 Å². The second-order valence-electron chi connectivity index (χ2n) is 3.03. The van der Waals surface area contributed by atoms with Gasteiger partial charge in [-0.05, 0) is 59.9 Å². The van der Waals surface area contributed by atoms with Crippen LogP contribution in [-0.4, -0.2) is 0 Å². The van der Waals surface area contributed by atoms with E-state index in [1.165, 1.54) is 0 Å².